The van der Waals surface area contributed by atoms with E-state index < -0.39 is 12.0 Å². The van der Waals surface area contributed by atoms with E-state index in [1.165, 1.54) is 5.56 Å². The summed E-state index contributed by atoms with van der Waals surface area (Å²) in [6.45, 7) is 7.55. The van der Waals surface area contributed by atoms with Gasteiger partial charge in [0, 0.05) is 0 Å². The van der Waals surface area contributed by atoms with Crippen molar-refractivity contribution in [1.29, 1.82) is 0 Å². The van der Waals surface area contributed by atoms with Gasteiger partial charge in [-0.15, -0.1) is 0 Å². The van der Waals surface area contributed by atoms with Gasteiger partial charge in [-0.25, -0.2) is 0 Å². The molecule has 3 heteroatoms. The fraction of sp³-hybridized carbons (Fsp3) is 0.500. The normalized spacial score (nSPS) is 12.7. The Kier molecular flexibility index (Phi) is 5.16. The number of aryl methyl sites for hydroxylation is 1. The average Bonchev–Trinajstić information content (AvgIpc) is 2.31. The zero-order valence-electron chi connectivity index (χ0n) is 10.8. The highest BCUT2D eigenvalue weighted by Gasteiger charge is 2.23. The van der Waals surface area contributed by atoms with Gasteiger partial charge in [-0.1, -0.05) is 43.7 Å². The number of aliphatic carboxylic acids is 1. The highest BCUT2D eigenvalue weighted by molar-refractivity contribution is 5.74. The zero-order chi connectivity index (χ0) is 12.8. The van der Waals surface area contributed by atoms with Crippen molar-refractivity contribution in [3.05, 3.63) is 35.4 Å². The molecule has 3 nitrogen and oxygen atoms in total. The molecule has 0 aliphatic rings. The highest BCUT2D eigenvalue weighted by atomic mass is 16.4. The van der Waals surface area contributed by atoms with Crippen LogP contribution in [0.15, 0.2) is 24.3 Å². The fourth-order valence-electron chi connectivity index (χ4n) is 1.98. The molecule has 94 valence electrons. The first-order valence-corrected chi connectivity index (χ1v) is 6.10. The van der Waals surface area contributed by atoms with Crippen LogP contribution < -0.4 is 0 Å². The Morgan fingerprint density at radius 1 is 1.24 bits per heavy atom. The Hall–Kier alpha value is -1.35. The molecule has 0 unspecified atom stereocenters. The summed E-state index contributed by atoms with van der Waals surface area (Å²) in [5.74, 6) is -0.741. The lowest BCUT2D eigenvalue weighted by Gasteiger charge is -2.26. The molecule has 0 fully saturated rings. The van der Waals surface area contributed by atoms with E-state index in [0.717, 1.165) is 18.7 Å². The topological polar surface area (TPSA) is 40.5 Å². The van der Waals surface area contributed by atoms with Gasteiger partial charge in [-0.3, -0.25) is 9.69 Å². The van der Waals surface area contributed by atoms with Crippen LogP contribution in [-0.2, 0) is 11.2 Å². The highest BCUT2D eigenvalue weighted by Crippen LogP contribution is 2.10. The first kappa shape index (κ1) is 13.7. The van der Waals surface area contributed by atoms with Crippen molar-refractivity contribution in [2.75, 3.05) is 13.1 Å². The van der Waals surface area contributed by atoms with Crippen molar-refractivity contribution in [3.63, 3.8) is 0 Å². The van der Waals surface area contributed by atoms with Gasteiger partial charge in [0.2, 0.25) is 0 Å². The van der Waals surface area contributed by atoms with Crippen molar-refractivity contribution >= 4 is 5.97 Å². The van der Waals surface area contributed by atoms with Crippen LogP contribution in [0.4, 0.5) is 0 Å². The van der Waals surface area contributed by atoms with Crippen molar-refractivity contribution in [1.82, 2.24) is 4.90 Å². The van der Waals surface area contributed by atoms with E-state index in [2.05, 4.69) is 0 Å². The molecule has 0 amide bonds. The van der Waals surface area contributed by atoms with Crippen molar-refractivity contribution in [3.8, 4) is 0 Å². The Morgan fingerprint density at radius 3 is 2.18 bits per heavy atom. The number of hydrogen-bond donors (Lipinski definition) is 1. The molecule has 0 saturated heterocycles. The van der Waals surface area contributed by atoms with E-state index in [0.29, 0.717) is 6.42 Å². The van der Waals surface area contributed by atoms with Gasteiger partial charge in [0.25, 0.3) is 0 Å². The maximum absolute atomic E-state index is 11.3. The van der Waals surface area contributed by atoms with Crippen LogP contribution in [0.5, 0.6) is 0 Å². The SMILES string of the molecule is CCN(CC)[C@@H](Cc1ccc(C)cc1)C(=O)O. The molecule has 0 aliphatic carbocycles. The predicted molar refractivity (Wildman–Crippen MR) is 69.2 cm³/mol. The molecule has 1 aromatic carbocycles. The minimum Gasteiger partial charge on any atom is -0.480 e. The van der Waals surface area contributed by atoms with Crippen molar-refractivity contribution < 1.29 is 9.90 Å². The lowest BCUT2D eigenvalue weighted by atomic mass is 10.0. The maximum atomic E-state index is 11.3. The number of carboxylic acids is 1. The summed E-state index contributed by atoms with van der Waals surface area (Å²) in [6, 6.07) is 7.64. The molecule has 0 aliphatic heterocycles. The minimum absolute atomic E-state index is 0.423. The second-order valence-corrected chi connectivity index (χ2v) is 4.26. The monoisotopic (exact) mass is 235 g/mol. The zero-order valence-corrected chi connectivity index (χ0v) is 10.8. The molecule has 0 spiro atoms. The Balaban J connectivity index is 2.79. The number of carbonyl (C=O) groups is 1. The molecule has 1 atom stereocenters. The summed E-state index contributed by atoms with van der Waals surface area (Å²) in [5.41, 5.74) is 2.28. The third-order valence-corrected chi connectivity index (χ3v) is 3.09. The second-order valence-electron chi connectivity index (χ2n) is 4.26. The number of likely N-dealkylation sites (N-methyl/N-ethyl adjacent to an activating group) is 1. The van der Waals surface area contributed by atoms with Crippen LogP contribution in [0.25, 0.3) is 0 Å². The largest absolute Gasteiger partial charge is 0.480 e. The number of rotatable bonds is 6. The Labute approximate surface area is 103 Å². The van der Waals surface area contributed by atoms with E-state index in [1.54, 1.807) is 0 Å². The molecule has 0 radical (unpaired) electrons. The lowest BCUT2D eigenvalue weighted by Crippen LogP contribution is -2.42. The van der Waals surface area contributed by atoms with E-state index >= 15 is 0 Å². The summed E-state index contributed by atoms with van der Waals surface area (Å²) in [4.78, 5) is 13.3. The first-order valence-electron chi connectivity index (χ1n) is 6.10. The molecule has 0 aromatic heterocycles. The molecule has 0 saturated carbocycles. The molecular formula is C14H21NO2. The minimum atomic E-state index is -0.741. The summed E-state index contributed by atoms with van der Waals surface area (Å²) >= 11 is 0. The molecule has 0 bridgehead atoms. The Bertz CT molecular complexity index is 355. The molecular weight excluding hydrogens is 214 g/mol. The van der Waals surface area contributed by atoms with Crippen LogP contribution in [0.3, 0.4) is 0 Å². The van der Waals surface area contributed by atoms with Crippen LogP contribution in [0.2, 0.25) is 0 Å². The number of hydrogen-bond acceptors (Lipinski definition) is 2. The summed E-state index contributed by atoms with van der Waals surface area (Å²) in [5, 5.41) is 9.28. The van der Waals surface area contributed by atoms with E-state index in [1.807, 2.05) is 49.9 Å². The van der Waals surface area contributed by atoms with Gasteiger partial charge in [0.05, 0.1) is 0 Å². The van der Waals surface area contributed by atoms with Gasteiger partial charge < -0.3 is 5.11 Å². The second kappa shape index (κ2) is 6.40. The van der Waals surface area contributed by atoms with Crippen LogP contribution in [0.1, 0.15) is 25.0 Å². The quantitative estimate of drug-likeness (QED) is 0.822. The van der Waals surface area contributed by atoms with Crippen molar-refractivity contribution in [2.45, 2.75) is 33.2 Å². The third kappa shape index (κ3) is 3.86. The number of carboxylic acid groups (broad SMARTS) is 1. The summed E-state index contributed by atoms with van der Waals surface area (Å²) < 4.78 is 0. The van der Waals surface area contributed by atoms with Gasteiger partial charge in [0.15, 0.2) is 0 Å². The first-order chi connectivity index (χ1) is 8.08. The lowest BCUT2D eigenvalue weighted by molar-refractivity contribution is -0.143. The summed E-state index contributed by atoms with van der Waals surface area (Å²) in [6.07, 6.45) is 0.567. The van der Waals surface area contributed by atoms with E-state index in [-0.39, 0.29) is 0 Å². The molecule has 1 N–H and O–H groups in total. The summed E-state index contributed by atoms with van der Waals surface area (Å²) in [7, 11) is 0. The smallest absolute Gasteiger partial charge is 0.321 e. The molecule has 1 aromatic rings. The predicted octanol–water partition coefficient (Wildman–Crippen LogP) is 2.33. The standard InChI is InChI=1S/C14H21NO2/c1-4-15(5-2)13(14(16)17)10-12-8-6-11(3)7-9-12/h6-9,13H,4-5,10H2,1-3H3,(H,16,17)/t13-/m0/s1. The molecule has 1 rings (SSSR count). The van der Waals surface area contributed by atoms with E-state index in [9.17, 15) is 9.90 Å². The molecule has 17 heavy (non-hydrogen) atoms. The molecule has 0 heterocycles. The van der Waals surface area contributed by atoms with Gasteiger partial charge >= 0.3 is 5.97 Å². The average molecular weight is 235 g/mol. The van der Waals surface area contributed by atoms with Crippen LogP contribution in [-0.4, -0.2) is 35.1 Å². The van der Waals surface area contributed by atoms with Crippen molar-refractivity contribution in [2.24, 2.45) is 0 Å². The van der Waals surface area contributed by atoms with Gasteiger partial charge in [-0.05, 0) is 32.0 Å². The maximum Gasteiger partial charge on any atom is 0.321 e. The van der Waals surface area contributed by atoms with E-state index in [4.69, 9.17) is 0 Å². The van der Waals surface area contributed by atoms with Gasteiger partial charge in [-0.2, -0.15) is 0 Å². The third-order valence-electron chi connectivity index (χ3n) is 3.09. The number of benzene rings is 1. The van der Waals surface area contributed by atoms with Gasteiger partial charge in [0.1, 0.15) is 6.04 Å². The van der Waals surface area contributed by atoms with Crippen LogP contribution >= 0.6 is 0 Å². The Morgan fingerprint density at radius 2 is 1.76 bits per heavy atom. The number of nitrogens with zero attached hydrogens (tertiary/aromatic N) is 1. The fourth-order valence-corrected chi connectivity index (χ4v) is 1.98. The van der Waals surface area contributed by atoms with Crippen LogP contribution in [0, 0.1) is 6.92 Å².